The standard InChI is InChI=1S/C20H25N3O3S.ClH/c21-20(13-7-2-8-14-20)19(24)22-15-16-9-5-6-12-18(16)23-27(25,26)17-10-3-1-4-11-17;/h1,3-6,9-12,23H,2,7-8,13-15,21H2,(H,22,24);1H. The monoisotopic (exact) mass is 423 g/mol. The molecular formula is C20H26ClN3O3S. The molecular weight excluding hydrogens is 398 g/mol. The maximum atomic E-state index is 12.6. The Kier molecular flexibility index (Phi) is 7.46. The minimum absolute atomic E-state index is 0. The summed E-state index contributed by atoms with van der Waals surface area (Å²) in [7, 11) is -3.69. The van der Waals surface area contributed by atoms with Crippen LogP contribution < -0.4 is 15.8 Å². The second kappa shape index (κ2) is 9.41. The van der Waals surface area contributed by atoms with Gasteiger partial charge >= 0.3 is 0 Å². The Morgan fingerprint density at radius 3 is 2.25 bits per heavy atom. The molecule has 0 spiro atoms. The molecule has 0 heterocycles. The number of hydrogen-bond acceptors (Lipinski definition) is 4. The van der Waals surface area contributed by atoms with Crippen LogP contribution in [0.5, 0.6) is 0 Å². The predicted molar refractivity (Wildman–Crippen MR) is 113 cm³/mol. The van der Waals surface area contributed by atoms with Gasteiger partial charge in [-0.05, 0) is 36.6 Å². The summed E-state index contributed by atoms with van der Waals surface area (Å²) in [4.78, 5) is 12.7. The molecule has 28 heavy (non-hydrogen) atoms. The van der Waals surface area contributed by atoms with E-state index < -0.39 is 15.6 Å². The molecule has 0 saturated heterocycles. The molecule has 1 saturated carbocycles. The molecule has 6 nitrogen and oxygen atoms in total. The predicted octanol–water partition coefficient (Wildman–Crippen LogP) is 3.19. The summed E-state index contributed by atoms with van der Waals surface area (Å²) < 4.78 is 27.7. The van der Waals surface area contributed by atoms with Crippen molar-refractivity contribution in [2.75, 3.05) is 4.72 Å². The lowest BCUT2D eigenvalue weighted by Gasteiger charge is -2.31. The van der Waals surface area contributed by atoms with Crippen LogP contribution in [-0.4, -0.2) is 19.9 Å². The number of carbonyl (C=O) groups is 1. The van der Waals surface area contributed by atoms with E-state index in [9.17, 15) is 13.2 Å². The van der Waals surface area contributed by atoms with Crippen LogP contribution in [0.25, 0.3) is 0 Å². The van der Waals surface area contributed by atoms with Crippen LogP contribution in [0.15, 0.2) is 59.5 Å². The number of hydrogen-bond donors (Lipinski definition) is 3. The highest BCUT2D eigenvalue weighted by molar-refractivity contribution is 7.92. The summed E-state index contributed by atoms with van der Waals surface area (Å²) >= 11 is 0. The number of para-hydroxylation sites is 1. The number of nitrogens with one attached hydrogen (secondary N) is 2. The van der Waals surface area contributed by atoms with Gasteiger partial charge < -0.3 is 11.1 Å². The van der Waals surface area contributed by atoms with Crippen LogP contribution in [0.2, 0.25) is 0 Å². The number of carbonyl (C=O) groups excluding carboxylic acids is 1. The summed E-state index contributed by atoms with van der Waals surface area (Å²) in [6.45, 7) is 0.214. The van der Waals surface area contributed by atoms with Crippen molar-refractivity contribution in [2.24, 2.45) is 5.73 Å². The van der Waals surface area contributed by atoms with Gasteiger partial charge in [0, 0.05) is 6.54 Å². The van der Waals surface area contributed by atoms with Crippen LogP contribution in [0.1, 0.15) is 37.7 Å². The first-order valence-electron chi connectivity index (χ1n) is 9.14. The highest BCUT2D eigenvalue weighted by atomic mass is 35.5. The third-order valence-electron chi connectivity index (χ3n) is 4.95. The van der Waals surface area contributed by atoms with E-state index in [4.69, 9.17) is 5.73 Å². The molecule has 1 aliphatic carbocycles. The zero-order chi connectivity index (χ0) is 19.3. The largest absolute Gasteiger partial charge is 0.350 e. The van der Waals surface area contributed by atoms with Gasteiger partial charge in [-0.15, -0.1) is 12.4 Å². The van der Waals surface area contributed by atoms with Gasteiger partial charge in [-0.1, -0.05) is 55.7 Å². The van der Waals surface area contributed by atoms with Gasteiger partial charge in [-0.25, -0.2) is 8.42 Å². The molecule has 0 aromatic heterocycles. The molecule has 4 N–H and O–H groups in total. The Hall–Kier alpha value is -2.09. The summed E-state index contributed by atoms with van der Waals surface area (Å²) in [6, 6.07) is 15.2. The summed E-state index contributed by atoms with van der Waals surface area (Å²) in [5.74, 6) is -0.178. The molecule has 2 aromatic carbocycles. The minimum atomic E-state index is -3.69. The van der Waals surface area contributed by atoms with E-state index in [1.54, 1.807) is 42.5 Å². The molecule has 3 rings (SSSR count). The highest BCUT2D eigenvalue weighted by Crippen LogP contribution is 2.26. The lowest BCUT2D eigenvalue weighted by molar-refractivity contribution is -0.127. The van der Waals surface area contributed by atoms with E-state index in [1.807, 2.05) is 0 Å². The van der Waals surface area contributed by atoms with Crippen molar-refractivity contribution in [3.8, 4) is 0 Å². The molecule has 0 atom stereocenters. The van der Waals surface area contributed by atoms with E-state index in [2.05, 4.69) is 10.0 Å². The Labute approximate surface area is 172 Å². The Balaban J connectivity index is 0.00000280. The Morgan fingerprint density at radius 2 is 1.57 bits per heavy atom. The lowest BCUT2D eigenvalue weighted by atomic mass is 9.82. The van der Waals surface area contributed by atoms with E-state index in [0.717, 1.165) is 19.3 Å². The molecule has 2 aromatic rings. The normalized spacial score (nSPS) is 15.9. The topological polar surface area (TPSA) is 101 Å². The number of amides is 1. The van der Waals surface area contributed by atoms with Gasteiger partial charge in [-0.3, -0.25) is 9.52 Å². The lowest BCUT2D eigenvalue weighted by Crippen LogP contribution is -2.54. The maximum Gasteiger partial charge on any atom is 0.261 e. The molecule has 8 heteroatoms. The second-order valence-electron chi connectivity index (χ2n) is 6.98. The van der Waals surface area contributed by atoms with E-state index in [0.29, 0.717) is 24.1 Å². The number of nitrogens with two attached hydrogens (primary N) is 1. The molecule has 1 amide bonds. The van der Waals surface area contributed by atoms with Gasteiger partial charge in [0.25, 0.3) is 10.0 Å². The fourth-order valence-electron chi connectivity index (χ4n) is 3.34. The van der Waals surface area contributed by atoms with Gasteiger partial charge in [0.2, 0.25) is 5.91 Å². The molecule has 0 bridgehead atoms. The summed E-state index contributed by atoms with van der Waals surface area (Å²) in [5, 5.41) is 2.88. The van der Waals surface area contributed by atoms with Gasteiger partial charge in [-0.2, -0.15) is 0 Å². The fourth-order valence-corrected chi connectivity index (χ4v) is 4.46. The van der Waals surface area contributed by atoms with Crippen molar-refractivity contribution in [3.05, 3.63) is 60.2 Å². The van der Waals surface area contributed by atoms with E-state index >= 15 is 0 Å². The molecule has 152 valence electrons. The van der Waals surface area contributed by atoms with E-state index in [-0.39, 0.29) is 29.8 Å². The molecule has 1 aliphatic rings. The first-order valence-corrected chi connectivity index (χ1v) is 10.6. The number of anilines is 1. The van der Waals surface area contributed by atoms with Gasteiger partial charge in [0.05, 0.1) is 16.1 Å². The van der Waals surface area contributed by atoms with Gasteiger partial charge in [0.15, 0.2) is 0 Å². The van der Waals surface area contributed by atoms with Crippen LogP contribution in [0, 0.1) is 0 Å². The summed E-state index contributed by atoms with van der Waals surface area (Å²) in [6.07, 6.45) is 4.38. The smallest absolute Gasteiger partial charge is 0.261 e. The maximum absolute atomic E-state index is 12.6. The number of halogens is 1. The third kappa shape index (κ3) is 5.25. The van der Waals surface area contributed by atoms with Crippen molar-refractivity contribution in [2.45, 2.75) is 49.1 Å². The van der Waals surface area contributed by atoms with Crippen LogP contribution >= 0.6 is 12.4 Å². The zero-order valence-corrected chi connectivity index (χ0v) is 17.2. The SMILES string of the molecule is Cl.NC1(C(=O)NCc2ccccc2NS(=O)(=O)c2ccccc2)CCCCC1. The quantitative estimate of drug-likeness (QED) is 0.664. The van der Waals surface area contributed by atoms with Gasteiger partial charge in [0.1, 0.15) is 0 Å². The van der Waals surface area contributed by atoms with Crippen molar-refractivity contribution in [1.82, 2.24) is 5.32 Å². The zero-order valence-electron chi connectivity index (χ0n) is 15.6. The first-order chi connectivity index (χ1) is 12.9. The van der Waals surface area contributed by atoms with Crippen molar-refractivity contribution in [1.29, 1.82) is 0 Å². The Bertz CT molecular complexity index is 898. The second-order valence-corrected chi connectivity index (χ2v) is 8.66. The molecule has 0 unspecified atom stereocenters. The average Bonchev–Trinajstić information content (AvgIpc) is 2.68. The molecule has 0 radical (unpaired) electrons. The Morgan fingerprint density at radius 1 is 0.964 bits per heavy atom. The van der Waals surface area contributed by atoms with Crippen LogP contribution in [-0.2, 0) is 21.4 Å². The van der Waals surface area contributed by atoms with E-state index in [1.165, 1.54) is 12.1 Å². The van der Waals surface area contributed by atoms with Crippen molar-refractivity contribution < 1.29 is 13.2 Å². The third-order valence-corrected chi connectivity index (χ3v) is 6.33. The molecule has 0 aliphatic heterocycles. The minimum Gasteiger partial charge on any atom is -0.350 e. The summed E-state index contributed by atoms with van der Waals surface area (Å²) in [5.41, 5.74) is 6.56. The molecule has 1 fully saturated rings. The van der Waals surface area contributed by atoms with Crippen molar-refractivity contribution in [3.63, 3.8) is 0 Å². The highest BCUT2D eigenvalue weighted by Gasteiger charge is 2.35. The number of sulfonamides is 1. The average molecular weight is 424 g/mol. The number of rotatable bonds is 6. The van der Waals surface area contributed by atoms with Crippen LogP contribution in [0.4, 0.5) is 5.69 Å². The fraction of sp³-hybridized carbons (Fsp3) is 0.350. The van der Waals surface area contributed by atoms with Crippen molar-refractivity contribution >= 4 is 34.0 Å². The van der Waals surface area contributed by atoms with Crippen LogP contribution in [0.3, 0.4) is 0 Å². The number of benzene rings is 2. The first kappa shape index (κ1) is 22.2.